The smallest absolute Gasteiger partial charge is 0.130 e. The Bertz CT molecular complexity index is 593. The van der Waals surface area contributed by atoms with Crippen LogP contribution >= 0.6 is 0 Å². The zero-order chi connectivity index (χ0) is 15.2. The van der Waals surface area contributed by atoms with Crippen molar-refractivity contribution in [3.63, 3.8) is 0 Å². The minimum atomic E-state index is 0.416. The average molecular weight is 289 g/mol. The fourth-order valence-corrected chi connectivity index (χ4v) is 2.21. The Morgan fingerprint density at radius 1 is 1.24 bits per heavy atom. The summed E-state index contributed by atoms with van der Waals surface area (Å²) < 4.78 is 13.1. The zero-order valence-corrected chi connectivity index (χ0v) is 12.9. The van der Waals surface area contributed by atoms with Crippen LogP contribution in [0.1, 0.15) is 30.8 Å². The summed E-state index contributed by atoms with van der Waals surface area (Å²) in [5.41, 5.74) is 8.87. The second-order valence-electron chi connectivity index (χ2n) is 4.76. The molecule has 2 N–H and O–H groups in total. The molecular weight excluding hydrogens is 266 g/mol. The van der Waals surface area contributed by atoms with Gasteiger partial charge >= 0.3 is 0 Å². The number of aryl methyl sites for hydroxylation is 2. The third-order valence-electron chi connectivity index (χ3n) is 3.44. The molecule has 0 bridgehead atoms. The van der Waals surface area contributed by atoms with Gasteiger partial charge in [0.05, 0.1) is 18.5 Å². The molecule has 1 aromatic carbocycles. The minimum absolute atomic E-state index is 0.416. The highest BCUT2D eigenvalue weighted by atomic mass is 16.5. The largest absolute Gasteiger partial charge is 0.497 e. The van der Waals surface area contributed by atoms with E-state index in [9.17, 15) is 0 Å². The minimum Gasteiger partial charge on any atom is -0.497 e. The maximum atomic E-state index is 5.92. The molecule has 2 rings (SSSR count). The number of hydrogen-bond acceptors (Lipinski definition) is 4. The fraction of sp³-hybridized carbons (Fsp3) is 0.438. The van der Waals surface area contributed by atoms with Gasteiger partial charge in [-0.1, -0.05) is 6.92 Å². The monoisotopic (exact) mass is 289 g/mol. The Balaban J connectivity index is 2.14. The predicted molar refractivity (Wildman–Crippen MR) is 82.5 cm³/mol. The molecule has 0 aliphatic heterocycles. The van der Waals surface area contributed by atoms with Gasteiger partial charge in [-0.15, -0.1) is 0 Å². The van der Waals surface area contributed by atoms with Gasteiger partial charge < -0.3 is 15.2 Å². The van der Waals surface area contributed by atoms with Gasteiger partial charge in [-0.3, -0.25) is 4.68 Å². The summed E-state index contributed by atoms with van der Waals surface area (Å²) in [7, 11) is 1.64. The standard InChI is InChI=1S/C16H23N3O2/c1-4-13-9-14(19(5-2)18-13)11-21-16-7-6-15(20-3)8-12(16)10-17/h6-9H,4-5,10-11,17H2,1-3H3. The van der Waals surface area contributed by atoms with E-state index in [1.54, 1.807) is 7.11 Å². The summed E-state index contributed by atoms with van der Waals surface area (Å²) in [5.74, 6) is 1.58. The summed E-state index contributed by atoms with van der Waals surface area (Å²) in [6.07, 6.45) is 0.927. The van der Waals surface area contributed by atoms with Gasteiger partial charge in [-0.2, -0.15) is 5.10 Å². The molecule has 0 atom stereocenters. The lowest BCUT2D eigenvalue weighted by molar-refractivity contribution is 0.289. The van der Waals surface area contributed by atoms with Crippen LogP contribution in [0.3, 0.4) is 0 Å². The number of hydrogen-bond donors (Lipinski definition) is 1. The van der Waals surface area contributed by atoms with Crippen LogP contribution in [0.5, 0.6) is 11.5 Å². The molecule has 1 aromatic heterocycles. The molecule has 2 aromatic rings. The number of methoxy groups -OCH3 is 1. The first-order chi connectivity index (χ1) is 10.2. The first-order valence-corrected chi connectivity index (χ1v) is 7.27. The topological polar surface area (TPSA) is 62.3 Å². The predicted octanol–water partition coefficient (Wildman–Crippen LogP) is 2.51. The van der Waals surface area contributed by atoms with E-state index in [-0.39, 0.29) is 0 Å². The Morgan fingerprint density at radius 2 is 2.05 bits per heavy atom. The lowest BCUT2D eigenvalue weighted by atomic mass is 10.2. The van der Waals surface area contributed by atoms with Crippen molar-refractivity contribution in [2.45, 2.75) is 40.0 Å². The van der Waals surface area contributed by atoms with Gasteiger partial charge in [-0.25, -0.2) is 0 Å². The molecule has 0 radical (unpaired) electrons. The highest BCUT2D eigenvalue weighted by Crippen LogP contribution is 2.24. The Labute approximate surface area is 125 Å². The second-order valence-corrected chi connectivity index (χ2v) is 4.76. The van der Waals surface area contributed by atoms with Crippen molar-refractivity contribution >= 4 is 0 Å². The molecule has 0 fully saturated rings. The normalized spacial score (nSPS) is 10.7. The molecule has 114 valence electrons. The van der Waals surface area contributed by atoms with Crippen molar-refractivity contribution in [3.8, 4) is 11.5 Å². The van der Waals surface area contributed by atoms with E-state index in [0.29, 0.717) is 13.2 Å². The third-order valence-corrected chi connectivity index (χ3v) is 3.44. The Morgan fingerprint density at radius 3 is 2.67 bits per heavy atom. The number of benzene rings is 1. The van der Waals surface area contributed by atoms with E-state index in [4.69, 9.17) is 15.2 Å². The van der Waals surface area contributed by atoms with Crippen LogP contribution < -0.4 is 15.2 Å². The molecule has 0 amide bonds. The molecule has 0 saturated carbocycles. The molecule has 0 aliphatic rings. The van der Waals surface area contributed by atoms with Gasteiger partial charge in [0.25, 0.3) is 0 Å². The number of aromatic nitrogens is 2. The van der Waals surface area contributed by atoms with Gasteiger partial charge in [0, 0.05) is 18.7 Å². The van der Waals surface area contributed by atoms with Crippen molar-refractivity contribution in [2.24, 2.45) is 5.73 Å². The molecule has 1 heterocycles. The number of nitrogens with zero attached hydrogens (tertiary/aromatic N) is 2. The van der Waals surface area contributed by atoms with Crippen molar-refractivity contribution < 1.29 is 9.47 Å². The van der Waals surface area contributed by atoms with E-state index in [1.807, 2.05) is 22.9 Å². The summed E-state index contributed by atoms with van der Waals surface area (Å²) in [6, 6.07) is 7.77. The molecular formula is C16H23N3O2. The Kier molecular flexibility index (Phi) is 5.22. The highest BCUT2D eigenvalue weighted by molar-refractivity contribution is 5.40. The van der Waals surface area contributed by atoms with E-state index >= 15 is 0 Å². The van der Waals surface area contributed by atoms with E-state index in [0.717, 1.165) is 41.4 Å². The van der Waals surface area contributed by atoms with Gasteiger partial charge in [0.15, 0.2) is 0 Å². The molecule has 0 unspecified atom stereocenters. The first kappa shape index (κ1) is 15.4. The first-order valence-electron chi connectivity index (χ1n) is 7.27. The summed E-state index contributed by atoms with van der Waals surface area (Å²) in [5, 5.41) is 4.52. The second kappa shape index (κ2) is 7.13. The van der Waals surface area contributed by atoms with Crippen molar-refractivity contribution in [1.29, 1.82) is 0 Å². The van der Waals surface area contributed by atoms with Crippen molar-refractivity contribution in [1.82, 2.24) is 9.78 Å². The Hall–Kier alpha value is -2.01. The average Bonchev–Trinajstić information content (AvgIpc) is 2.95. The molecule has 5 heteroatoms. The van der Waals surface area contributed by atoms with E-state index in [1.165, 1.54) is 0 Å². The zero-order valence-electron chi connectivity index (χ0n) is 12.9. The summed E-state index contributed by atoms with van der Waals surface area (Å²) in [6.45, 7) is 5.92. The van der Waals surface area contributed by atoms with Gasteiger partial charge in [-0.05, 0) is 37.6 Å². The molecule has 0 aliphatic carbocycles. The van der Waals surface area contributed by atoms with Gasteiger partial charge in [0.2, 0.25) is 0 Å². The lowest BCUT2D eigenvalue weighted by Gasteiger charge is -2.12. The van der Waals surface area contributed by atoms with Crippen LogP contribution in [0.15, 0.2) is 24.3 Å². The number of ether oxygens (including phenoxy) is 2. The van der Waals surface area contributed by atoms with Crippen LogP contribution in [0.2, 0.25) is 0 Å². The van der Waals surface area contributed by atoms with Crippen LogP contribution in [0.4, 0.5) is 0 Å². The van der Waals surface area contributed by atoms with Crippen LogP contribution in [0, 0.1) is 0 Å². The third kappa shape index (κ3) is 3.55. The van der Waals surface area contributed by atoms with Crippen LogP contribution in [-0.4, -0.2) is 16.9 Å². The maximum absolute atomic E-state index is 5.92. The highest BCUT2D eigenvalue weighted by Gasteiger charge is 2.09. The quantitative estimate of drug-likeness (QED) is 0.850. The summed E-state index contributed by atoms with van der Waals surface area (Å²) >= 11 is 0. The number of rotatable bonds is 7. The molecule has 21 heavy (non-hydrogen) atoms. The van der Waals surface area contributed by atoms with Crippen LogP contribution in [0.25, 0.3) is 0 Å². The molecule has 0 saturated heterocycles. The molecule has 0 spiro atoms. The fourth-order valence-electron chi connectivity index (χ4n) is 2.21. The van der Waals surface area contributed by atoms with Crippen molar-refractivity contribution in [3.05, 3.63) is 41.2 Å². The number of nitrogens with two attached hydrogens (primary N) is 1. The van der Waals surface area contributed by atoms with Crippen molar-refractivity contribution in [2.75, 3.05) is 7.11 Å². The maximum Gasteiger partial charge on any atom is 0.130 e. The van der Waals surface area contributed by atoms with E-state index < -0.39 is 0 Å². The van der Waals surface area contributed by atoms with Crippen LogP contribution in [-0.2, 0) is 26.1 Å². The summed E-state index contributed by atoms with van der Waals surface area (Å²) in [4.78, 5) is 0. The lowest BCUT2D eigenvalue weighted by Crippen LogP contribution is -2.08. The van der Waals surface area contributed by atoms with Gasteiger partial charge in [0.1, 0.15) is 18.1 Å². The SMILES string of the molecule is CCc1cc(COc2ccc(OC)cc2CN)n(CC)n1. The van der Waals surface area contributed by atoms with E-state index in [2.05, 4.69) is 25.0 Å². The molecule has 5 nitrogen and oxygen atoms in total.